The van der Waals surface area contributed by atoms with Crippen molar-refractivity contribution in [3.63, 3.8) is 0 Å². The largest absolute Gasteiger partial charge is 0.422 e. The molecule has 3 heterocycles. The summed E-state index contributed by atoms with van der Waals surface area (Å²) >= 11 is 0. The molecule has 0 amide bonds. The van der Waals surface area contributed by atoms with E-state index in [-0.39, 0.29) is 18.3 Å². The third-order valence-electron chi connectivity index (χ3n) is 27.2. The first-order valence-electron chi connectivity index (χ1n) is 49.9. The number of hydrogen-bond acceptors (Lipinski definition) is 6. The van der Waals surface area contributed by atoms with E-state index in [2.05, 4.69) is 317 Å². The van der Waals surface area contributed by atoms with Gasteiger partial charge in [0.05, 0.1) is 16.7 Å². The van der Waals surface area contributed by atoms with Crippen molar-refractivity contribution in [2.45, 2.75) is 265 Å². The van der Waals surface area contributed by atoms with Gasteiger partial charge in [0.1, 0.15) is 16.7 Å². The molecule has 1 aliphatic carbocycles. The summed E-state index contributed by atoms with van der Waals surface area (Å²) in [5.41, 5.74) is 37.8. The Morgan fingerprint density at radius 2 is 0.667 bits per heavy atom. The fourth-order valence-electron chi connectivity index (χ4n) is 18.9. The van der Waals surface area contributed by atoms with Gasteiger partial charge in [-0.3, -0.25) is 0 Å². The van der Waals surface area contributed by atoms with Gasteiger partial charge in [0.25, 0.3) is 0 Å². The topological polar surface area (TPSA) is 90.6 Å². The van der Waals surface area contributed by atoms with E-state index < -0.39 is 0 Å². The number of benzene rings is 13. The molecule has 132 heavy (non-hydrogen) atoms. The lowest BCUT2D eigenvalue weighted by atomic mass is 9.77. The molecule has 1 aliphatic rings. The Morgan fingerprint density at radius 3 is 1.15 bits per heavy atom. The molecule has 0 saturated heterocycles. The second-order valence-electron chi connectivity index (χ2n) is 35.5. The first-order valence-corrected chi connectivity index (χ1v) is 49.9. The molecule has 0 bridgehead atoms. The van der Waals surface area contributed by atoms with Crippen LogP contribution in [0.3, 0.4) is 0 Å². The van der Waals surface area contributed by atoms with Gasteiger partial charge < -0.3 is 13.3 Å². The van der Waals surface area contributed by atoms with E-state index in [9.17, 15) is 14.4 Å². The first kappa shape index (κ1) is 98.8. The lowest BCUT2D eigenvalue weighted by Gasteiger charge is -2.28. The van der Waals surface area contributed by atoms with Gasteiger partial charge in [-0.05, 0) is 356 Å². The molecule has 16 aromatic rings. The zero-order valence-corrected chi connectivity index (χ0v) is 82.4. The van der Waals surface area contributed by atoms with Crippen molar-refractivity contribution in [3.8, 4) is 77.9 Å². The molecule has 1 saturated carbocycles. The zero-order valence-electron chi connectivity index (χ0n) is 82.4. The molecule has 0 aliphatic heterocycles. The van der Waals surface area contributed by atoms with E-state index >= 15 is 0 Å². The van der Waals surface area contributed by atoms with E-state index in [0.29, 0.717) is 27.9 Å². The summed E-state index contributed by atoms with van der Waals surface area (Å²) < 4.78 is 17.0. The van der Waals surface area contributed by atoms with Crippen LogP contribution in [0.2, 0.25) is 0 Å². The zero-order chi connectivity index (χ0) is 93.9. The quantitative estimate of drug-likeness (QED) is 0.0530. The summed E-state index contributed by atoms with van der Waals surface area (Å²) in [6.07, 6.45) is 23.6. The Balaban J connectivity index is 0.000000160. The summed E-state index contributed by atoms with van der Waals surface area (Å²) in [7, 11) is 0. The Hall–Kier alpha value is -12.3. The molecule has 6 nitrogen and oxygen atoms in total. The maximum atomic E-state index is 12.7. The highest BCUT2D eigenvalue weighted by molar-refractivity contribution is 5.91. The minimum Gasteiger partial charge on any atom is -0.422 e. The maximum Gasteiger partial charge on any atom is 0.344 e. The Morgan fingerprint density at radius 1 is 0.265 bits per heavy atom. The number of fused-ring (bicyclic) bond motifs is 4. The van der Waals surface area contributed by atoms with E-state index in [0.717, 1.165) is 145 Å². The summed E-state index contributed by atoms with van der Waals surface area (Å²) in [4.78, 5) is 37.6. The van der Waals surface area contributed by atoms with Crippen molar-refractivity contribution in [1.29, 1.82) is 0 Å². The lowest BCUT2D eigenvalue weighted by molar-refractivity contribution is 0.319. The highest BCUT2D eigenvalue weighted by Gasteiger charge is 2.23. The standard InChI is InChI=1S/C33H36.C25H24O2.C24H32.2C21H22O2.C2H6.H2/c1-4-7-25-10-16-28(17-11-25)31-22-32(29-18-12-26(8-5-2)13-19-29)24-33(23-31)30-20-14-27(9-6-3)15-21-30;1-4-16-7-8-20-13-21(10-9-19(20)11-16)23-14-22-12-17(5-2)18(6-3)15-24(22)27-25(23)26;1-5-19-7-9-21(10-8-19)22-11-13-23(14-12-22)24-16-15-20(6-2)17(3)18(24)4;1-4-14-7-9-17(10-8-14)19-13-18-16(6-3)11-15(5-2)12-20(18)23-21(19)22;1-4-14-7-9-16(10-8-14)19-13-17-12-11-15(5-2)18(6-3)20(17)23-21(19)22;1-2;/h10-24H,4-9H2,1-3H3;7-15H,4-6H2,1-3H3;11-16,19,21H,5-10H2,1-4H3;2*7-13H,4-6H2,1-3H3;1-2H3;1H. The van der Waals surface area contributed by atoms with Crippen LogP contribution in [-0.4, -0.2) is 0 Å². The second-order valence-corrected chi connectivity index (χ2v) is 35.5. The third-order valence-corrected chi connectivity index (χ3v) is 27.2. The molecule has 6 heteroatoms. The third kappa shape index (κ3) is 24.3. The normalized spacial score (nSPS) is 12.8. The highest BCUT2D eigenvalue weighted by Crippen LogP contribution is 2.40. The van der Waals surface area contributed by atoms with Crippen molar-refractivity contribution in [2.75, 3.05) is 0 Å². The van der Waals surface area contributed by atoms with Crippen molar-refractivity contribution >= 4 is 43.7 Å². The molecular weight excluding hydrogens is 1610 g/mol. The Kier molecular flexibility index (Phi) is 36.1. The molecule has 0 unspecified atom stereocenters. The van der Waals surface area contributed by atoms with E-state index in [1.165, 1.54) is 179 Å². The summed E-state index contributed by atoms with van der Waals surface area (Å²) in [6, 6.07) is 95.9. The predicted octanol–water partition coefficient (Wildman–Crippen LogP) is 34.6. The molecule has 13 aromatic carbocycles. The smallest absolute Gasteiger partial charge is 0.344 e. The highest BCUT2D eigenvalue weighted by atomic mass is 16.4. The van der Waals surface area contributed by atoms with Crippen LogP contribution in [-0.2, 0) is 83.5 Å². The van der Waals surface area contributed by atoms with Gasteiger partial charge in [-0.15, -0.1) is 0 Å². The van der Waals surface area contributed by atoms with Crippen molar-refractivity contribution in [2.24, 2.45) is 5.92 Å². The molecule has 3 aromatic heterocycles. The van der Waals surface area contributed by atoms with Crippen LogP contribution in [0.15, 0.2) is 295 Å². The van der Waals surface area contributed by atoms with Gasteiger partial charge in [-0.25, -0.2) is 14.4 Å². The summed E-state index contributed by atoms with van der Waals surface area (Å²) in [6.45, 7) is 39.0. The number of rotatable bonds is 25. The summed E-state index contributed by atoms with van der Waals surface area (Å²) in [5, 5.41) is 5.36. The SMILES string of the molecule is CC.CCCc1ccc(-c2cc(-c3ccc(CCC)cc3)cc(-c3ccc(CCC)cc3)c2)cc1.CCc1ccc(-c2cc3c(CC)cc(CC)cc3oc2=O)cc1.CCc1ccc(-c2cc3ccc(CC)c(CC)c3oc2=O)cc1.CCc1ccc(-c2ccc(C3CCC(CC)CC3)cc2)c(C)c1C.CCc1ccc2cc(-c3cc4cc(CC)c(CC)cc4oc3=O)ccc2c1.[HH]. The summed E-state index contributed by atoms with van der Waals surface area (Å²) in [5.74, 6) is 1.76. The Labute approximate surface area is 789 Å². The average Bonchev–Trinajstić information content (AvgIpc) is 0.799. The lowest BCUT2D eigenvalue weighted by Crippen LogP contribution is -2.12. The van der Waals surface area contributed by atoms with Gasteiger partial charge in [-0.2, -0.15) is 0 Å². The molecular formula is C126H144O6. The molecule has 0 radical (unpaired) electrons. The second kappa shape index (κ2) is 48.2. The van der Waals surface area contributed by atoms with E-state index in [1.54, 1.807) is 5.56 Å². The van der Waals surface area contributed by atoms with Crippen LogP contribution in [0.25, 0.3) is 122 Å². The van der Waals surface area contributed by atoms with Crippen LogP contribution in [0.5, 0.6) is 0 Å². The maximum absolute atomic E-state index is 12.7. The molecule has 684 valence electrons. The molecule has 0 N–H and O–H groups in total. The molecule has 17 rings (SSSR count). The van der Waals surface area contributed by atoms with Gasteiger partial charge in [-0.1, -0.05) is 343 Å². The Bertz CT molecular complexity index is 6510. The van der Waals surface area contributed by atoms with Crippen LogP contribution in [0.1, 0.15) is 259 Å². The van der Waals surface area contributed by atoms with Gasteiger partial charge >= 0.3 is 16.9 Å². The van der Waals surface area contributed by atoms with Gasteiger partial charge in [0.2, 0.25) is 0 Å². The monoisotopic (exact) mass is 1750 g/mol. The fourth-order valence-corrected chi connectivity index (χ4v) is 18.9. The molecule has 0 spiro atoms. The van der Waals surface area contributed by atoms with Crippen molar-refractivity contribution in [3.05, 3.63) is 387 Å². The minimum absolute atomic E-state index is 0. The molecule has 0 atom stereocenters. The predicted molar refractivity (Wildman–Crippen MR) is 570 cm³/mol. The van der Waals surface area contributed by atoms with E-state index in [1.807, 2.05) is 74.5 Å². The van der Waals surface area contributed by atoms with Crippen LogP contribution in [0.4, 0.5) is 0 Å². The van der Waals surface area contributed by atoms with Crippen LogP contribution < -0.4 is 16.9 Å². The van der Waals surface area contributed by atoms with E-state index in [4.69, 9.17) is 13.3 Å². The average molecular weight is 1750 g/mol. The van der Waals surface area contributed by atoms with Crippen LogP contribution >= 0.6 is 0 Å². The minimum atomic E-state index is -0.279. The molecule has 1 fully saturated rings. The van der Waals surface area contributed by atoms with Crippen LogP contribution in [0, 0.1) is 19.8 Å². The van der Waals surface area contributed by atoms with Crippen molar-refractivity contribution in [1.82, 2.24) is 0 Å². The number of hydrogen-bond donors (Lipinski definition) is 0. The van der Waals surface area contributed by atoms with Crippen molar-refractivity contribution < 1.29 is 14.7 Å². The first-order chi connectivity index (χ1) is 64.3. The number of aryl methyl sites for hydroxylation is 13. The van der Waals surface area contributed by atoms with Gasteiger partial charge in [0, 0.05) is 17.6 Å². The van der Waals surface area contributed by atoms with Gasteiger partial charge in [0.15, 0.2) is 0 Å². The fraction of sp³-hybridized carbons (Fsp3) is 0.325.